The summed E-state index contributed by atoms with van der Waals surface area (Å²) in [5, 5.41) is 0. The van der Waals surface area contributed by atoms with E-state index in [0.717, 1.165) is 0 Å². The fourth-order valence-electron chi connectivity index (χ4n) is 0. The molecule has 0 aliphatic heterocycles. The van der Waals surface area contributed by atoms with Gasteiger partial charge in [-0.1, -0.05) is 0 Å². The minimum atomic E-state index is 0. The number of rotatable bonds is 0. The van der Waals surface area contributed by atoms with E-state index in [1.165, 1.54) is 0 Å². The Morgan fingerprint density at radius 1 is 1.25 bits per heavy atom. The Kier molecular flexibility index (Phi) is 84.2. The van der Waals surface area contributed by atoms with E-state index >= 15 is 0 Å². The molecule has 0 heterocycles. The molecule has 0 aromatic carbocycles. The van der Waals surface area contributed by atoms with Crippen LogP contribution in [0.15, 0.2) is 0 Å². The summed E-state index contributed by atoms with van der Waals surface area (Å²) in [7, 11) is 2.04. The second-order valence-corrected chi connectivity index (χ2v) is 0. The van der Waals surface area contributed by atoms with Crippen LogP contribution in [0.3, 0.4) is 0 Å². The van der Waals surface area contributed by atoms with Crippen LogP contribution in [0.4, 0.5) is 0 Å². The van der Waals surface area contributed by atoms with Gasteiger partial charge in [0.1, 0.15) is 0 Å². The Hall–Kier alpha value is 1.98. The van der Waals surface area contributed by atoms with Crippen LogP contribution >= 0.6 is 8.01 Å². The molecule has 0 saturated heterocycles. The third kappa shape index (κ3) is 9.02. The van der Waals surface area contributed by atoms with Crippen molar-refractivity contribution in [3.05, 3.63) is 0 Å². The van der Waals surface area contributed by atoms with Crippen LogP contribution in [0.2, 0.25) is 0 Å². The van der Waals surface area contributed by atoms with Gasteiger partial charge in [-0.3, -0.25) is 0 Å². The van der Waals surface area contributed by atoms with Crippen molar-refractivity contribution >= 4 is 8.01 Å². The van der Waals surface area contributed by atoms with Crippen LogP contribution in [0.1, 0.15) is 0 Å². The Morgan fingerprint density at radius 3 is 1.25 bits per heavy atom. The Balaban J connectivity index is -0.00000000500. The molecule has 0 fully saturated rings. The van der Waals surface area contributed by atoms with Crippen molar-refractivity contribution in [1.29, 1.82) is 0 Å². The minimum absolute atomic E-state index is 0. The van der Waals surface area contributed by atoms with Crippen LogP contribution < -0.4 is 0 Å². The van der Waals surface area contributed by atoms with Gasteiger partial charge in [0, 0.05) is 34.4 Å². The van der Waals surface area contributed by atoms with Gasteiger partial charge in [-0.05, 0) is 0 Å². The summed E-state index contributed by atoms with van der Waals surface area (Å²) in [6.07, 6.45) is 0. The van der Waals surface area contributed by atoms with E-state index in [4.69, 9.17) is 0 Å². The molecular formula is H2CrCuNiP. The molecule has 0 aromatic rings. The standard InChI is InChI=1S/Cr.Cu.Ni.H2P/h;;;1H2/q;;+1;-1. The van der Waals surface area contributed by atoms with Crippen molar-refractivity contribution in [3.63, 3.8) is 0 Å². The van der Waals surface area contributed by atoms with E-state index in [0.29, 0.717) is 0 Å². The van der Waals surface area contributed by atoms with E-state index in [9.17, 15) is 0 Å². The summed E-state index contributed by atoms with van der Waals surface area (Å²) in [6.45, 7) is 0. The van der Waals surface area contributed by atoms with Crippen LogP contribution in [0, 0.1) is 0 Å². The Bertz CT molecular complexity index is 8.00. The van der Waals surface area contributed by atoms with Gasteiger partial charge in [-0.2, -0.15) is 0 Å². The molecule has 4 heavy (non-hydrogen) atoms. The SMILES string of the molecule is [Cr].[Cu].[PH2][Ni]. The topological polar surface area (TPSA) is 0 Å². The van der Waals surface area contributed by atoms with Crippen LogP contribution in [0.5, 0.6) is 0 Å². The molecule has 1 radical (unpaired) electrons. The molecule has 0 aromatic heterocycles. The average Bonchev–Trinajstić information content (AvgIpc) is 1.00. The van der Waals surface area contributed by atoms with E-state index in [-0.39, 0.29) is 34.4 Å². The van der Waals surface area contributed by atoms with Gasteiger partial charge in [0.05, 0.1) is 0 Å². The van der Waals surface area contributed by atoms with Crippen molar-refractivity contribution in [2.75, 3.05) is 0 Å². The molecule has 34 valence electrons. The van der Waals surface area contributed by atoms with Gasteiger partial charge in [0.15, 0.2) is 0 Å². The Labute approximate surface area is 57.3 Å². The summed E-state index contributed by atoms with van der Waals surface area (Å²) in [4.78, 5) is 0. The summed E-state index contributed by atoms with van der Waals surface area (Å²) in [6, 6.07) is 0. The zero-order chi connectivity index (χ0) is 2.00. The monoisotopic (exact) mass is 206 g/mol. The molecule has 0 nitrogen and oxygen atoms in total. The van der Waals surface area contributed by atoms with E-state index in [2.05, 4.69) is 15.0 Å². The van der Waals surface area contributed by atoms with Crippen molar-refractivity contribution in [2.45, 2.75) is 0 Å². The molecular weight excluding hydrogens is 205 g/mol. The number of hydrogen-bond donors (Lipinski definition) is 0. The maximum atomic E-state index is 3.79. The first kappa shape index (κ1) is 16.7. The summed E-state index contributed by atoms with van der Waals surface area (Å²) in [5.74, 6) is 0. The van der Waals surface area contributed by atoms with Gasteiger partial charge in [0.25, 0.3) is 0 Å². The Morgan fingerprint density at radius 2 is 1.25 bits per heavy atom. The zero-order valence-corrected chi connectivity index (χ0v) is 5.96. The normalized spacial score (nSPS) is 1.75. The first-order valence-electron chi connectivity index (χ1n) is 0.183. The first-order valence-corrected chi connectivity index (χ1v) is 2.26. The zero-order valence-electron chi connectivity index (χ0n) is 1.60. The predicted octanol–water partition coefficient (Wildman–Crippen LogP) is 0.318. The fraction of sp³-hybridized carbons (Fsp3) is 0. The third-order valence-electron chi connectivity index (χ3n) is 0. The maximum absolute atomic E-state index is 3.79. The van der Waals surface area contributed by atoms with Gasteiger partial charge in [0.2, 0.25) is 0 Å². The van der Waals surface area contributed by atoms with Gasteiger partial charge >= 0.3 is 23.0 Å². The van der Waals surface area contributed by atoms with Gasteiger partial charge in [-0.15, -0.1) is 0 Å². The molecule has 0 amide bonds. The number of hydrogen-bond acceptors (Lipinski definition) is 0. The molecule has 1 atom stereocenters. The summed E-state index contributed by atoms with van der Waals surface area (Å²) >= 11 is 3.79. The van der Waals surface area contributed by atoms with Gasteiger partial charge in [-0.25, -0.2) is 0 Å². The van der Waals surface area contributed by atoms with Crippen LogP contribution in [0.25, 0.3) is 0 Å². The molecule has 4 heteroatoms. The van der Waals surface area contributed by atoms with Crippen molar-refractivity contribution < 1.29 is 49.5 Å². The molecule has 0 rings (SSSR count). The quantitative estimate of drug-likeness (QED) is 0.396. The average molecular weight is 207 g/mol. The first-order chi connectivity index (χ1) is 1.00. The van der Waals surface area contributed by atoms with E-state index in [1.807, 2.05) is 8.01 Å². The molecule has 0 aliphatic rings. The molecule has 0 bridgehead atoms. The van der Waals surface area contributed by atoms with Gasteiger partial charge < -0.3 is 0 Å². The molecule has 0 saturated carbocycles. The van der Waals surface area contributed by atoms with Crippen molar-refractivity contribution in [1.82, 2.24) is 0 Å². The molecule has 0 aliphatic carbocycles. The van der Waals surface area contributed by atoms with Crippen LogP contribution in [-0.4, -0.2) is 0 Å². The van der Waals surface area contributed by atoms with Crippen molar-refractivity contribution in [3.8, 4) is 0 Å². The second kappa shape index (κ2) is 20.1. The third-order valence-corrected chi connectivity index (χ3v) is 0. The predicted molar refractivity (Wildman–Crippen MR) is 9.71 cm³/mol. The van der Waals surface area contributed by atoms with Crippen molar-refractivity contribution in [2.24, 2.45) is 0 Å². The molecule has 1 unspecified atom stereocenters. The summed E-state index contributed by atoms with van der Waals surface area (Å²) in [5.41, 5.74) is 0. The summed E-state index contributed by atoms with van der Waals surface area (Å²) < 4.78 is 0. The fourth-order valence-corrected chi connectivity index (χ4v) is 0. The van der Waals surface area contributed by atoms with E-state index in [1.54, 1.807) is 0 Å². The van der Waals surface area contributed by atoms with E-state index < -0.39 is 0 Å². The molecule has 0 spiro atoms. The van der Waals surface area contributed by atoms with Crippen LogP contribution in [-0.2, 0) is 49.5 Å². The molecule has 0 N–H and O–H groups in total. The second-order valence-electron chi connectivity index (χ2n) is 0.